The SMILES string of the molecule is C.C=C(C)C(=O)OCCNC(=O)C(C#N)=C1c2ccccc2Sc2ccccc21.C=C(C)C(=O)OCCNC(=O)CC#N.COC(=O)CC#N.ClC1(Cl)c2ccccc2Sc2ccccc21.N#CCC(=O)NCCO.NCCO.O=c1c2ccccc2sc2ccccc12.[H-].[K+]. The summed E-state index contributed by atoms with van der Waals surface area (Å²) in [5.74, 6) is -2.70. The third-order valence-electron chi connectivity index (χ3n) is 11.7. The Morgan fingerprint density at radius 3 is 1.36 bits per heavy atom. The number of nitriles is 4. The van der Waals surface area contributed by atoms with Crippen molar-refractivity contribution in [2.45, 2.75) is 64.5 Å². The minimum atomic E-state index is -0.932. The fraction of sp³-hybridized carbons (Fsp3) is 0.232. The van der Waals surface area contributed by atoms with E-state index in [0.29, 0.717) is 23.3 Å². The van der Waals surface area contributed by atoms with E-state index in [1.807, 2.05) is 133 Å². The number of hydrogen-bond acceptors (Lipinski definition) is 20. The molecule has 26 heteroatoms. The van der Waals surface area contributed by atoms with Crippen LogP contribution in [0.25, 0.3) is 25.7 Å². The molecule has 6 aromatic carbocycles. The Kier molecular flexibility index (Phi) is 42.1. The van der Waals surface area contributed by atoms with E-state index in [9.17, 15) is 38.8 Å². The fourth-order valence-corrected chi connectivity index (χ4v) is 11.7. The van der Waals surface area contributed by atoms with E-state index >= 15 is 0 Å². The van der Waals surface area contributed by atoms with Crippen molar-refractivity contribution in [1.29, 1.82) is 21.0 Å². The molecule has 95 heavy (non-hydrogen) atoms. The third-order valence-corrected chi connectivity index (χ3v) is 16.0. The molecule has 3 amide bonds. The zero-order valence-corrected chi connectivity index (χ0v) is 59.0. The predicted molar refractivity (Wildman–Crippen MR) is 368 cm³/mol. The molecule has 0 saturated heterocycles. The van der Waals surface area contributed by atoms with Gasteiger partial charge in [0.25, 0.3) is 5.91 Å². The summed E-state index contributed by atoms with van der Waals surface area (Å²) in [7, 11) is 1.25. The number of halogens is 2. The molecule has 7 aromatic rings. The van der Waals surface area contributed by atoms with E-state index in [1.54, 1.807) is 60.0 Å². The number of hydrogen-bond donors (Lipinski definition) is 6. The number of fused-ring (bicyclic) bond motifs is 6. The van der Waals surface area contributed by atoms with Gasteiger partial charge in [-0.25, -0.2) is 9.59 Å². The standard InChI is InChI=1S/C22H18N2O3S.C13H8Cl2S.C13H8OS.C9H12N2O3.C5H8N2O2.C4H5NO2.C2H7NO.CH4.K.H/c1-14(2)22(26)27-12-11-24-21(25)17(13-23)20-15-7-3-5-9-18(15)28-19-10-6-4-8-16(19)20;14-13(15)9-5-1-3-7-11(9)16-12-8-4-2-6-10(12)13;14-13-9-5-1-3-7-11(9)15-12-8-4-2-6-10(12)13;1-7(2)9(13)14-6-5-11-8(12)3-4-10;6-2-1-5(9)7-3-4-8;1-7-4(6)2-3-5;3-1-2-4;;;/h3-10H,1,11-12H2,2H3,(H,24,25);1-8H;1-8H;1,3,5-6H2,2H3,(H,11,12);8H,1,3-4H2,(H,7,9);2H2,1H3;4H,1-3H2;1H4;;/q;;;;;;;;+1;-1. The Morgan fingerprint density at radius 2 is 0.968 bits per heavy atom. The molecular formula is C69H71Cl2KN8O12S3. The molecule has 0 fully saturated rings. The molecule has 0 bridgehead atoms. The molecule has 0 aliphatic carbocycles. The van der Waals surface area contributed by atoms with Crippen molar-refractivity contribution in [2.24, 2.45) is 5.73 Å². The number of carbonyl (C=O) groups excluding carboxylic acids is 6. The smallest absolute Gasteiger partial charge is 1.00 e. The zero-order valence-electron chi connectivity index (χ0n) is 52.9. The number of benzene rings is 6. The van der Waals surface area contributed by atoms with Gasteiger partial charge < -0.3 is 47.5 Å². The molecule has 0 atom stereocenters. The number of rotatable bonds is 15. The largest absolute Gasteiger partial charge is 1.00 e. The maximum atomic E-state index is 12.7. The summed E-state index contributed by atoms with van der Waals surface area (Å²) in [6, 6.07) is 54.0. The minimum absolute atomic E-state index is 0. The Labute approximate surface area is 618 Å². The molecule has 2 aliphatic rings. The van der Waals surface area contributed by atoms with E-state index in [2.05, 4.69) is 52.0 Å². The summed E-state index contributed by atoms with van der Waals surface area (Å²) < 4.78 is 15.0. The average molecular weight is 1410 g/mol. The molecule has 3 heterocycles. The number of methoxy groups -OCH3 is 1. The molecule has 9 rings (SSSR count). The van der Waals surface area contributed by atoms with Crippen molar-refractivity contribution in [3.8, 4) is 24.3 Å². The molecule has 2 aliphatic heterocycles. The number of aliphatic hydroxyl groups excluding tert-OH is 2. The molecule has 0 spiro atoms. The van der Waals surface area contributed by atoms with E-state index in [4.69, 9.17) is 64.4 Å². The van der Waals surface area contributed by atoms with Crippen molar-refractivity contribution in [3.05, 3.63) is 208 Å². The first-order chi connectivity index (χ1) is 44.7. The summed E-state index contributed by atoms with van der Waals surface area (Å²) in [6.45, 7) is 11.0. The van der Waals surface area contributed by atoms with Gasteiger partial charge in [0.2, 0.25) is 11.8 Å². The van der Waals surface area contributed by atoms with Crippen LogP contribution in [0.4, 0.5) is 0 Å². The van der Waals surface area contributed by atoms with Crippen LogP contribution >= 0.6 is 58.1 Å². The number of nitrogens with zero attached hydrogens (tertiary/aromatic N) is 4. The van der Waals surface area contributed by atoms with Crippen LogP contribution in [0, 0.1) is 45.3 Å². The van der Waals surface area contributed by atoms with Gasteiger partial charge in [0.05, 0.1) is 51.6 Å². The number of ether oxygens (including phenoxy) is 3. The number of alkyl halides is 2. The van der Waals surface area contributed by atoms with Gasteiger partial charge >= 0.3 is 69.3 Å². The van der Waals surface area contributed by atoms with E-state index in [1.165, 1.54) is 14.0 Å². The zero-order chi connectivity index (χ0) is 68.7. The molecule has 0 unspecified atom stereocenters. The number of nitrogens with two attached hydrogens (primary N) is 1. The molecule has 1 aromatic heterocycles. The Bertz CT molecular complexity index is 3900. The fourth-order valence-electron chi connectivity index (χ4n) is 7.50. The van der Waals surface area contributed by atoms with Gasteiger partial charge in [-0.3, -0.25) is 24.0 Å². The first kappa shape index (κ1) is 85.0. The predicted octanol–water partition coefficient (Wildman–Crippen LogP) is 7.86. The van der Waals surface area contributed by atoms with Crippen LogP contribution in [0.2, 0.25) is 0 Å². The van der Waals surface area contributed by atoms with E-state index in [0.717, 1.165) is 62.0 Å². The maximum absolute atomic E-state index is 12.7. The van der Waals surface area contributed by atoms with Crippen LogP contribution < -0.4 is 78.5 Å². The summed E-state index contributed by atoms with van der Waals surface area (Å²) in [4.78, 5) is 82.3. The van der Waals surface area contributed by atoms with Crippen LogP contribution in [0.3, 0.4) is 0 Å². The second kappa shape index (κ2) is 47.0. The number of nitrogens with one attached hydrogen (secondary N) is 3. The van der Waals surface area contributed by atoms with Crippen molar-refractivity contribution in [3.63, 3.8) is 0 Å². The van der Waals surface area contributed by atoms with Crippen molar-refractivity contribution < 1.29 is 106 Å². The first-order valence-electron chi connectivity index (χ1n) is 27.9. The Balaban J connectivity index is 0.00000117. The van der Waals surface area contributed by atoms with Gasteiger partial charge in [-0.2, -0.15) is 21.0 Å². The monoisotopic (exact) mass is 1410 g/mol. The quantitative estimate of drug-likeness (QED) is 0.00831. The van der Waals surface area contributed by atoms with E-state index < -0.39 is 28.1 Å². The molecular weight excluding hydrogens is 1340 g/mol. The molecule has 20 nitrogen and oxygen atoms in total. The Morgan fingerprint density at radius 1 is 0.589 bits per heavy atom. The van der Waals surface area contributed by atoms with Crippen molar-refractivity contribution in [1.82, 2.24) is 16.0 Å². The number of esters is 3. The number of amides is 3. The molecule has 0 radical (unpaired) electrons. The van der Waals surface area contributed by atoms with Crippen molar-refractivity contribution >= 4 is 119 Å². The second-order valence-electron chi connectivity index (χ2n) is 18.7. The third kappa shape index (κ3) is 28.5. The van der Waals surface area contributed by atoms with E-state index in [-0.39, 0.29) is 148 Å². The van der Waals surface area contributed by atoms with Gasteiger partial charge in [-0.15, -0.1) is 11.3 Å². The maximum Gasteiger partial charge on any atom is 1.00 e. The van der Waals surface area contributed by atoms with Gasteiger partial charge in [-0.1, -0.05) is 164 Å². The number of carbonyl (C=O) groups is 6. The first-order valence-corrected chi connectivity index (χ1v) is 31.1. The second-order valence-corrected chi connectivity index (χ2v) is 23.2. The van der Waals surface area contributed by atoms with Crippen LogP contribution in [0.1, 0.15) is 64.2 Å². The van der Waals surface area contributed by atoms with Gasteiger partial charge in [-0.05, 0) is 73.5 Å². The summed E-state index contributed by atoms with van der Waals surface area (Å²) in [5.41, 5.74) is 9.82. The topological polar surface area (TPSA) is 345 Å². The van der Waals surface area contributed by atoms with Crippen molar-refractivity contribution in [2.75, 3.05) is 59.7 Å². The Hall–Kier alpha value is -7.99. The van der Waals surface area contributed by atoms with Crippen LogP contribution in [-0.2, 0) is 47.3 Å². The molecule has 7 N–H and O–H groups in total. The minimum Gasteiger partial charge on any atom is -1.00 e. The normalized spacial score (nSPS) is 10.7. The summed E-state index contributed by atoms with van der Waals surface area (Å²) in [6.07, 6.45) is -0.481. The van der Waals surface area contributed by atoms with Gasteiger partial charge in [0.15, 0.2) is 9.76 Å². The summed E-state index contributed by atoms with van der Waals surface area (Å²) >= 11 is 18.0. The van der Waals surface area contributed by atoms with Crippen LogP contribution in [0.5, 0.6) is 0 Å². The average Bonchev–Trinajstić information content (AvgIpc) is 0.774. The van der Waals surface area contributed by atoms with Crippen LogP contribution in [-0.4, -0.2) is 106 Å². The summed E-state index contributed by atoms with van der Waals surface area (Å²) in [5, 5.41) is 58.6. The molecule has 492 valence electrons. The van der Waals surface area contributed by atoms with Crippen LogP contribution in [0.15, 0.2) is 200 Å². The van der Waals surface area contributed by atoms with Gasteiger partial charge in [0, 0.05) is 80.7 Å². The number of aliphatic hydroxyl groups is 2. The van der Waals surface area contributed by atoms with Gasteiger partial charge in [0.1, 0.15) is 44.1 Å². The molecule has 0 saturated carbocycles.